The molecule has 0 aliphatic heterocycles. The van der Waals surface area contributed by atoms with Crippen LogP contribution >= 0.6 is 0 Å². The third kappa shape index (κ3) is 4.77. The second-order valence-electron chi connectivity index (χ2n) is 4.50. The van der Waals surface area contributed by atoms with Gasteiger partial charge in [-0.15, -0.1) is 0 Å². The molecule has 1 rings (SSSR count). The van der Waals surface area contributed by atoms with Gasteiger partial charge in [0.2, 0.25) is 0 Å². The van der Waals surface area contributed by atoms with E-state index in [2.05, 4.69) is 43.4 Å². The van der Waals surface area contributed by atoms with Crippen LogP contribution < -0.4 is 11.1 Å². The zero-order valence-electron chi connectivity index (χ0n) is 10.5. The van der Waals surface area contributed by atoms with Crippen LogP contribution in [0.2, 0.25) is 0 Å². The Morgan fingerprint density at radius 3 is 2.38 bits per heavy atom. The summed E-state index contributed by atoms with van der Waals surface area (Å²) in [5.74, 6) is 0.826. The number of rotatable bonds is 7. The maximum absolute atomic E-state index is 5.55. The van der Waals surface area contributed by atoms with Crippen LogP contribution in [0.4, 0.5) is 0 Å². The van der Waals surface area contributed by atoms with Crippen molar-refractivity contribution < 1.29 is 0 Å². The lowest BCUT2D eigenvalue weighted by Crippen LogP contribution is -2.16. The first-order valence-electron chi connectivity index (χ1n) is 6.24. The van der Waals surface area contributed by atoms with Crippen molar-refractivity contribution in [2.24, 2.45) is 11.7 Å². The first-order valence-corrected chi connectivity index (χ1v) is 6.24. The van der Waals surface area contributed by atoms with E-state index >= 15 is 0 Å². The molecule has 0 heterocycles. The van der Waals surface area contributed by atoms with Crippen LogP contribution in [-0.4, -0.2) is 6.54 Å². The molecule has 1 aromatic carbocycles. The van der Waals surface area contributed by atoms with Gasteiger partial charge in [-0.25, -0.2) is 0 Å². The smallest absolute Gasteiger partial charge is 0.0205 e. The molecule has 3 N–H and O–H groups in total. The van der Waals surface area contributed by atoms with E-state index in [4.69, 9.17) is 5.73 Å². The maximum Gasteiger partial charge on any atom is 0.0205 e. The van der Waals surface area contributed by atoms with E-state index in [9.17, 15) is 0 Å². The summed E-state index contributed by atoms with van der Waals surface area (Å²) in [4.78, 5) is 0. The Labute approximate surface area is 99.2 Å². The highest BCUT2D eigenvalue weighted by molar-refractivity contribution is 5.22. The molecule has 90 valence electrons. The van der Waals surface area contributed by atoms with Crippen LogP contribution in [0.5, 0.6) is 0 Å². The first-order chi connectivity index (χ1) is 7.76. The molecule has 0 radical (unpaired) electrons. The zero-order chi connectivity index (χ0) is 11.8. The van der Waals surface area contributed by atoms with Crippen molar-refractivity contribution >= 4 is 0 Å². The molecule has 0 aliphatic rings. The SMILES string of the molecule is CCC(C)CCNCc1ccc(CN)cc1. The van der Waals surface area contributed by atoms with E-state index in [0.717, 1.165) is 19.0 Å². The summed E-state index contributed by atoms with van der Waals surface area (Å²) >= 11 is 0. The fourth-order valence-corrected chi connectivity index (χ4v) is 1.58. The minimum Gasteiger partial charge on any atom is -0.326 e. The fourth-order valence-electron chi connectivity index (χ4n) is 1.58. The molecule has 0 saturated heterocycles. The lowest BCUT2D eigenvalue weighted by Gasteiger charge is -2.09. The van der Waals surface area contributed by atoms with Crippen molar-refractivity contribution in [3.8, 4) is 0 Å². The van der Waals surface area contributed by atoms with Gasteiger partial charge in [0.25, 0.3) is 0 Å². The second-order valence-corrected chi connectivity index (χ2v) is 4.50. The summed E-state index contributed by atoms with van der Waals surface area (Å²) in [7, 11) is 0. The summed E-state index contributed by atoms with van der Waals surface area (Å²) in [5.41, 5.74) is 8.09. The van der Waals surface area contributed by atoms with Gasteiger partial charge in [0, 0.05) is 13.1 Å². The topological polar surface area (TPSA) is 38.0 Å². The normalized spacial score (nSPS) is 12.7. The highest BCUT2D eigenvalue weighted by Crippen LogP contribution is 2.06. The third-order valence-electron chi connectivity index (χ3n) is 3.10. The van der Waals surface area contributed by atoms with E-state index in [1.54, 1.807) is 0 Å². The molecule has 2 heteroatoms. The molecule has 0 spiro atoms. The molecule has 0 bridgehead atoms. The molecule has 0 aromatic heterocycles. The Hall–Kier alpha value is -0.860. The molecule has 1 aromatic rings. The predicted molar refractivity (Wildman–Crippen MR) is 70.1 cm³/mol. The number of nitrogens with one attached hydrogen (secondary N) is 1. The van der Waals surface area contributed by atoms with Crippen LogP contribution in [0.1, 0.15) is 37.8 Å². The fraction of sp³-hybridized carbons (Fsp3) is 0.571. The van der Waals surface area contributed by atoms with Crippen molar-refractivity contribution in [1.29, 1.82) is 0 Å². The number of hydrogen-bond donors (Lipinski definition) is 2. The van der Waals surface area contributed by atoms with Crippen LogP contribution in [0.3, 0.4) is 0 Å². The molecule has 2 nitrogen and oxygen atoms in total. The van der Waals surface area contributed by atoms with Crippen molar-refractivity contribution in [3.05, 3.63) is 35.4 Å². The van der Waals surface area contributed by atoms with Crippen molar-refractivity contribution in [2.45, 2.75) is 39.8 Å². The van der Waals surface area contributed by atoms with Crippen LogP contribution in [0.25, 0.3) is 0 Å². The van der Waals surface area contributed by atoms with E-state index in [-0.39, 0.29) is 0 Å². The van der Waals surface area contributed by atoms with E-state index in [1.807, 2.05) is 0 Å². The highest BCUT2D eigenvalue weighted by atomic mass is 14.8. The van der Waals surface area contributed by atoms with E-state index in [0.29, 0.717) is 6.54 Å². The molecule has 0 amide bonds. The van der Waals surface area contributed by atoms with Crippen LogP contribution in [0, 0.1) is 5.92 Å². The average Bonchev–Trinajstić information content (AvgIpc) is 2.35. The molecule has 0 aliphatic carbocycles. The summed E-state index contributed by atoms with van der Waals surface area (Å²) in [6.45, 7) is 7.24. The van der Waals surface area contributed by atoms with Gasteiger partial charge in [0.1, 0.15) is 0 Å². The number of benzene rings is 1. The highest BCUT2D eigenvalue weighted by Gasteiger charge is 1.98. The molecule has 0 fully saturated rings. The van der Waals surface area contributed by atoms with Crippen LogP contribution in [0.15, 0.2) is 24.3 Å². The Bertz CT molecular complexity index is 279. The maximum atomic E-state index is 5.55. The quantitative estimate of drug-likeness (QED) is 0.693. The lowest BCUT2D eigenvalue weighted by molar-refractivity contribution is 0.488. The van der Waals surface area contributed by atoms with Gasteiger partial charge >= 0.3 is 0 Å². The molecule has 1 atom stereocenters. The van der Waals surface area contributed by atoms with E-state index in [1.165, 1.54) is 24.0 Å². The third-order valence-corrected chi connectivity index (χ3v) is 3.10. The first kappa shape index (κ1) is 13.2. The van der Waals surface area contributed by atoms with Gasteiger partial charge < -0.3 is 11.1 Å². The summed E-state index contributed by atoms with van der Waals surface area (Å²) in [5, 5.41) is 3.47. The molecular formula is C14H24N2. The largest absolute Gasteiger partial charge is 0.326 e. The molecule has 16 heavy (non-hydrogen) atoms. The lowest BCUT2D eigenvalue weighted by atomic mass is 10.1. The van der Waals surface area contributed by atoms with Gasteiger partial charge in [0.15, 0.2) is 0 Å². The van der Waals surface area contributed by atoms with Gasteiger partial charge in [-0.3, -0.25) is 0 Å². The average molecular weight is 220 g/mol. The monoisotopic (exact) mass is 220 g/mol. The Balaban J connectivity index is 2.21. The summed E-state index contributed by atoms with van der Waals surface area (Å²) in [6.07, 6.45) is 2.53. The zero-order valence-corrected chi connectivity index (χ0v) is 10.5. The van der Waals surface area contributed by atoms with Crippen molar-refractivity contribution in [2.75, 3.05) is 6.54 Å². The standard InChI is InChI=1S/C14H24N2/c1-3-12(2)8-9-16-11-14-6-4-13(10-15)5-7-14/h4-7,12,16H,3,8-11,15H2,1-2H3. The minimum atomic E-state index is 0.627. The minimum absolute atomic E-state index is 0.627. The Morgan fingerprint density at radius 1 is 1.19 bits per heavy atom. The summed E-state index contributed by atoms with van der Waals surface area (Å²) in [6, 6.07) is 8.51. The predicted octanol–water partition coefficient (Wildman–Crippen LogP) is 2.67. The molecule has 1 unspecified atom stereocenters. The summed E-state index contributed by atoms with van der Waals surface area (Å²) < 4.78 is 0. The molecular weight excluding hydrogens is 196 g/mol. The number of nitrogens with two attached hydrogens (primary N) is 1. The molecule has 0 saturated carbocycles. The van der Waals surface area contributed by atoms with E-state index < -0.39 is 0 Å². The van der Waals surface area contributed by atoms with Gasteiger partial charge in [-0.2, -0.15) is 0 Å². The van der Waals surface area contributed by atoms with Crippen LogP contribution in [-0.2, 0) is 13.1 Å². The van der Waals surface area contributed by atoms with Gasteiger partial charge in [-0.1, -0.05) is 44.5 Å². The van der Waals surface area contributed by atoms with Gasteiger partial charge in [-0.05, 0) is 30.0 Å². The second kappa shape index (κ2) is 7.42. The van der Waals surface area contributed by atoms with Gasteiger partial charge in [0.05, 0.1) is 0 Å². The van der Waals surface area contributed by atoms with Crippen molar-refractivity contribution in [3.63, 3.8) is 0 Å². The Kier molecular flexibility index (Phi) is 6.12. The Morgan fingerprint density at radius 2 is 1.81 bits per heavy atom. The van der Waals surface area contributed by atoms with Crippen molar-refractivity contribution in [1.82, 2.24) is 5.32 Å². The number of hydrogen-bond acceptors (Lipinski definition) is 2.